The van der Waals surface area contributed by atoms with Crippen LogP contribution >= 0.6 is 0 Å². The first-order valence-electron chi connectivity index (χ1n) is 8.14. The molecule has 0 bridgehead atoms. The Bertz CT molecular complexity index is 909. The number of hydrogen-bond acceptors (Lipinski definition) is 4. The summed E-state index contributed by atoms with van der Waals surface area (Å²) < 4.78 is 0. The third-order valence-corrected chi connectivity index (χ3v) is 3.72. The summed E-state index contributed by atoms with van der Waals surface area (Å²) in [5, 5.41) is 5.54. The summed E-state index contributed by atoms with van der Waals surface area (Å²) in [6.45, 7) is 2.28. The number of anilines is 1. The second-order valence-corrected chi connectivity index (χ2v) is 5.75. The molecule has 0 atom stereocenters. The number of hydrogen-bond donors (Lipinski definition) is 2. The van der Waals surface area contributed by atoms with E-state index in [9.17, 15) is 9.59 Å². The van der Waals surface area contributed by atoms with Crippen LogP contribution in [-0.4, -0.2) is 21.8 Å². The topological polar surface area (TPSA) is 84.0 Å². The van der Waals surface area contributed by atoms with Gasteiger partial charge in [-0.3, -0.25) is 19.6 Å². The lowest BCUT2D eigenvalue weighted by atomic mass is 10.2. The van der Waals surface area contributed by atoms with Crippen molar-refractivity contribution in [2.24, 2.45) is 0 Å². The maximum Gasteiger partial charge on any atom is 0.274 e. The number of amides is 2. The third kappa shape index (κ3) is 4.51. The highest BCUT2D eigenvalue weighted by Gasteiger charge is 2.12. The largest absolute Gasteiger partial charge is 0.346 e. The molecule has 130 valence electrons. The third-order valence-electron chi connectivity index (χ3n) is 3.72. The van der Waals surface area contributed by atoms with Gasteiger partial charge in [0.2, 0.25) is 0 Å². The van der Waals surface area contributed by atoms with Crippen LogP contribution in [0.15, 0.2) is 67.0 Å². The van der Waals surface area contributed by atoms with Crippen molar-refractivity contribution in [2.75, 3.05) is 5.32 Å². The van der Waals surface area contributed by atoms with Gasteiger partial charge in [0, 0.05) is 23.6 Å². The Labute approximate surface area is 151 Å². The minimum atomic E-state index is -0.367. The zero-order valence-electron chi connectivity index (χ0n) is 14.3. The second kappa shape index (κ2) is 8.02. The van der Waals surface area contributed by atoms with Crippen molar-refractivity contribution in [1.29, 1.82) is 0 Å². The molecule has 0 aliphatic carbocycles. The van der Waals surface area contributed by atoms with Crippen molar-refractivity contribution in [1.82, 2.24) is 15.3 Å². The number of nitrogens with zero attached hydrogens (tertiary/aromatic N) is 2. The predicted molar refractivity (Wildman–Crippen MR) is 98.8 cm³/mol. The minimum Gasteiger partial charge on any atom is -0.346 e. The van der Waals surface area contributed by atoms with E-state index in [2.05, 4.69) is 20.6 Å². The maximum absolute atomic E-state index is 12.3. The molecule has 2 aromatic heterocycles. The number of aromatic nitrogens is 2. The summed E-state index contributed by atoms with van der Waals surface area (Å²) in [6, 6.07) is 16.0. The lowest BCUT2D eigenvalue weighted by Gasteiger charge is -2.07. The normalized spacial score (nSPS) is 10.2. The molecule has 0 unspecified atom stereocenters. The fourth-order valence-corrected chi connectivity index (χ4v) is 2.30. The Kier molecular flexibility index (Phi) is 5.34. The lowest BCUT2D eigenvalue weighted by molar-refractivity contribution is 0.0950. The van der Waals surface area contributed by atoms with Crippen LogP contribution in [-0.2, 0) is 6.54 Å². The second-order valence-electron chi connectivity index (χ2n) is 5.75. The molecule has 6 heteroatoms. The monoisotopic (exact) mass is 346 g/mol. The molecule has 2 N–H and O–H groups in total. The van der Waals surface area contributed by atoms with Crippen molar-refractivity contribution < 1.29 is 9.59 Å². The van der Waals surface area contributed by atoms with Crippen LogP contribution in [0.1, 0.15) is 32.1 Å². The summed E-state index contributed by atoms with van der Waals surface area (Å²) >= 11 is 0. The number of aryl methyl sites for hydroxylation is 1. The van der Waals surface area contributed by atoms with E-state index in [-0.39, 0.29) is 17.5 Å². The van der Waals surface area contributed by atoms with Crippen LogP contribution in [0.25, 0.3) is 0 Å². The number of nitrogens with one attached hydrogen (secondary N) is 2. The Morgan fingerprint density at radius 1 is 0.923 bits per heavy atom. The first-order chi connectivity index (χ1) is 12.6. The van der Waals surface area contributed by atoms with E-state index < -0.39 is 0 Å². The van der Waals surface area contributed by atoms with Gasteiger partial charge in [0.25, 0.3) is 11.8 Å². The Hall–Kier alpha value is -3.54. The highest BCUT2D eigenvalue weighted by Crippen LogP contribution is 2.11. The van der Waals surface area contributed by atoms with Crippen molar-refractivity contribution in [2.45, 2.75) is 13.5 Å². The van der Waals surface area contributed by atoms with Gasteiger partial charge in [-0.1, -0.05) is 23.8 Å². The number of benzene rings is 1. The first-order valence-corrected chi connectivity index (χ1v) is 8.14. The van der Waals surface area contributed by atoms with E-state index in [0.717, 1.165) is 11.3 Å². The van der Waals surface area contributed by atoms with Gasteiger partial charge in [0.05, 0.1) is 12.2 Å². The van der Waals surface area contributed by atoms with E-state index >= 15 is 0 Å². The molecule has 0 radical (unpaired) electrons. The first kappa shape index (κ1) is 17.3. The van der Waals surface area contributed by atoms with Crippen molar-refractivity contribution in [3.05, 3.63) is 89.5 Å². The quantitative estimate of drug-likeness (QED) is 0.744. The molecule has 2 amide bonds. The average molecular weight is 346 g/mol. The van der Waals surface area contributed by atoms with Crippen molar-refractivity contribution in [3.63, 3.8) is 0 Å². The molecule has 0 saturated heterocycles. The molecule has 26 heavy (non-hydrogen) atoms. The van der Waals surface area contributed by atoms with Crippen LogP contribution in [0, 0.1) is 6.92 Å². The SMILES string of the molecule is Cc1ccc(NC(=O)c2cc(C(=O)NCc3ccccn3)ccn2)cc1. The minimum absolute atomic E-state index is 0.177. The summed E-state index contributed by atoms with van der Waals surface area (Å²) in [4.78, 5) is 32.8. The molecule has 0 saturated carbocycles. The Morgan fingerprint density at radius 2 is 1.73 bits per heavy atom. The lowest BCUT2D eigenvalue weighted by Crippen LogP contribution is -2.24. The highest BCUT2D eigenvalue weighted by molar-refractivity contribution is 6.04. The molecule has 6 nitrogen and oxygen atoms in total. The summed E-state index contributed by atoms with van der Waals surface area (Å²) in [6.07, 6.45) is 3.11. The fraction of sp³-hybridized carbons (Fsp3) is 0.100. The zero-order chi connectivity index (χ0) is 18.4. The number of carbonyl (C=O) groups is 2. The standard InChI is InChI=1S/C20H18N4O2/c1-14-5-7-16(8-6-14)24-20(26)18-12-15(9-11-22-18)19(25)23-13-17-4-2-3-10-21-17/h2-12H,13H2,1H3,(H,23,25)(H,24,26). The molecular formula is C20H18N4O2. The van der Waals surface area contributed by atoms with E-state index in [1.165, 1.54) is 12.3 Å². The van der Waals surface area contributed by atoms with E-state index in [1.54, 1.807) is 12.3 Å². The molecule has 1 aromatic carbocycles. The van der Waals surface area contributed by atoms with Crippen LogP contribution in [0.2, 0.25) is 0 Å². The van der Waals surface area contributed by atoms with Gasteiger partial charge in [-0.05, 0) is 43.3 Å². The van der Waals surface area contributed by atoms with Gasteiger partial charge in [-0.2, -0.15) is 0 Å². The highest BCUT2D eigenvalue weighted by atomic mass is 16.2. The molecular weight excluding hydrogens is 328 g/mol. The molecule has 0 aliphatic heterocycles. The Morgan fingerprint density at radius 3 is 2.46 bits per heavy atom. The van der Waals surface area contributed by atoms with Gasteiger partial charge < -0.3 is 10.6 Å². The maximum atomic E-state index is 12.3. The Balaban J connectivity index is 1.66. The zero-order valence-corrected chi connectivity index (χ0v) is 14.3. The van der Waals surface area contributed by atoms with Gasteiger partial charge in [-0.25, -0.2) is 0 Å². The van der Waals surface area contributed by atoms with Crippen LogP contribution in [0.5, 0.6) is 0 Å². The summed E-state index contributed by atoms with van der Waals surface area (Å²) in [5.41, 5.74) is 3.08. The van der Waals surface area contributed by atoms with Crippen molar-refractivity contribution >= 4 is 17.5 Å². The molecule has 0 fully saturated rings. The van der Waals surface area contributed by atoms with Gasteiger partial charge >= 0.3 is 0 Å². The molecule has 3 aromatic rings. The summed E-state index contributed by atoms with van der Waals surface area (Å²) in [7, 11) is 0. The number of carbonyl (C=O) groups excluding carboxylic acids is 2. The van der Waals surface area contributed by atoms with Crippen molar-refractivity contribution in [3.8, 4) is 0 Å². The van der Waals surface area contributed by atoms with Gasteiger partial charge in [-0.15, -0.1) is 0 Å². The van der Waals surface area contributed by atoms with Gasteiger partial charge in [0.1, 0.15) is 5.69 Å². The number of pyridine rings is 2. The smallest absolute Gasteiger partial charge is 0.274 e. The molecule has 0 aliphatic rings. The number of rotatable bonds is 5. The molecule has 2 heterocycles. The van der Waals surface area contributed by atoms with E-state index in [4.69, 9.17) is 0 Å². The van der Waals surface area contributed by atoms with Crippen LogP contribution < -0.4 is 10.6 Å². The average Bonchev–Trinajstić information content (AvgIpc) is 2.69. The van der Waals surface area contributed by atoms with E-state index in [1.807, 2.05) is 49.4 Å². The fourth-order valence-electron chi connectivity index (χ4n) is 2.30. The predicted octanol–water partition coefficient (Wildman–Crippen LogP) is 2.97. The van der Waals surface area contributed by atoms with Crippen LogP contribution in [0.3, 0.4) is 0 Å². The van der Waals surface area contributed by atoms with Crippen LogP contribution in [0.4, 0.5) is 5.69 Å². The molecule has 0 spiro atoms. The molecule has 3 rings (SSSR count). The van der Waals surface area contributed by atoms with Gasteiger partial charge in [0.15, 0.2) is 0 Å². The summed E-state index contributed by atoms with van der Waals surface area (Å²) in [5.74, 6) is -0.657. The van der Waals surface area contributed by atoms with E-state index in [0.29, 0.717) is 17.8 Å².